The molecule has 0 amide bonds. The second kappa shape index (κ2) is 5.50. The van der Waals surface area contributed by atoms with Crippen molar-refractivity contribution in [2.24, 2.45) is 0 Å². The van der Waals surface area contributed by atoms with E-state index in [1.165, 1.54) is 11.3 Å². The van der Waals surface area contributed by atoms with Crippen molar-refractivity contribution in [1.82, 2.24) is 4.98 Å². The van der Waals surface area contributed by atoms with E-state index in [0.29, 0.717) is 13.1 Å². The predicted octanol–water partition coefficient (Wildman–Crippen LogP) is 2.00. The number of anilines is 1. The molecule has 0 bridgehead atoms. The minimum Gasteiger partial charge on any atom is -0.481 e. The van der Waals surface area contributed by atoms with Crippen LogP contribution in [0, 0.1) is 0 Å². The number of carboxylic acid groups (broad SMARTS) is 1. The molecule has 0 spiro atoms. The number of thiazole rings is 1. The first kappa shape index (κ1) is 11.7. The smallest absolute Gasteiger partial charge is 0.305 e. The van der Waals surface area contributed by atoms with Gasteiger partial charge in [-0.25, -0.2) is 4.98 Å². The van der Waals surface area contributed by atoms with E-state index < -0.39 is 5.97 Å². The second-order valence-corrected chi connectivity index (χ2v) is 4.21. The number of aromatic nitrogens is 1. The van der Waals surface area contributed by atoms with Gasteiger partial charge in [0.25, 0.3) is 0 Å². The monoisotopic (exact) mass is 226 g/mol. The normalized spacial score (nSPS) is 9.93. The Hall–Kier alpha value is -1.36. The molecule has 0 unspecified atom stereocenters. The quantitative estimate of drug-likeness (QED) is 0.754. The highest BCUT2D eigenvalue weighted by Crippen LogP contribution is 2.18. The van der Waals surface area contributed by atoms with Crippen molar-refractivity contribution in [3.05, 3.63) is 23.7 Å². The Bertz CT molecular complexity index is 335. The molecule has 0 aliphatic rings. The van der Waals surface area contributed by atoms with Gasteiger partial charge in [-0.15, -0.1) is 11.3 Å². The van der Waals surface area contributed by atoms with E-state index in [2.05, 4.69) is 11.6 Å². The van der Waals surface area contributed by atoms with Crippen molar-refractivity contribution >= 4 is 22.4 Å². The summed E-state index contributed by atoms with van der Waals surface area (Å²) in [4.78, 5) is 16.6. The van der Waals surface area contributed by atoms with Crippen molar-refractivity contribution in [2.75, 3.05) is 18.0 Å². The van der Waals surface area contributed by atoms with Crippen LogP contribution in [0.25, 0.3) is 0 Å². The molecule has 1 aromatic heterocycles. The van der Waals surface area contributed by atoms with Crippen LogP contribution in [-0.4, -0.2) is 29.1 Å². The van der Waals surface area contributed by atoms with Crippen LogP contribution in [0.15, 0.2) is 23.7 Å². The molecule has 0 saturated carbocycles. The lowest BCUT2D eigenvalue weighted by Gasteiger charge is -2.20. The summed E-state index contributed by atoms with van der Waals surface area (Å²) in [5.41, 5.74) is 0.996. The summed E-state index contributed by atoms with van der Waals surface area (Å²) in [7, 11) is 0. The van der Waals surface area contributed by atoms with Gasteiger partial charge in [-0.1, -0.05) is 12.2 Å². The number of carboxylic acids is 1. The number of aliphatic carboxylic acids is 1. The number of hydrogen-bond acceptors (Lipinski definition) is 4. The average molecular weight is 226 g/mol. The summed E-state index contributed by atoms with van der Waals surface area (Å²) in [6.07, 6.45) is 1.83. The Balaban J connectivity index is 2.61. The van der Waals surface area contributed by atoms with Gasteiger partial charge in [0.2, 0.25) is 0 Å². The molecule has 0 aromatic carbocycles. The van der Waals surface area contributed by atoms with Gasteiger partial charge in [0.15, 0.2) is 5.13 Å². The number of rotatable bonds is 6. The highest BCUT2D eigenvalue weighted by Gasteiger charge is 2.10. The lowest BCUT2D eigenvalue weighted by atomic mass is 10.3. The SMILES string of the molecule is C=C(C)CN(CCC(=O)O)c1nccs1. The van der Waals surface area contributed by atoms with E-state index in [0.717, 1.165) is 10.7 Å². The van der Waals surface area contributed by atoms with Gasteiger partial charge in [0.1, 0.15) is 0 Å². The Morgan fingerprint density at radius 2 is 2.47 bits per heavy atom. The summed E-state index contributed by atoms with van der Waals surface area (Å²) < 4.78 is 0. The largest absolute Gasteiger partial charge is 0.481 e. The molecule has 0 aliphatic heterocycles. The van der Waals surface area contributed by atoms with Crippen molar-refractivity contribution < 1.29 is 9.90 Å². The number of nitrogens with zero attached hydrogens (tertiary/aromatic N) is 2. The van der Waals surface area contributed by atoms with Crippen LogP contribution >= 0.6 is 11.3 Å². The van der Waals surface area contributed by atoms with Crippen molar-refractivity contribution in [1.29, 1.82) is 0 Å². The van der Waals surface area contributed by atoms with E-state index in [9.17, 15) is 4.79 Å². The highest BCUT2D eigenvalue weighted by molar-refractivity contribution is 7.13. The van der Waals surface area contributed by atoms with Crippen LogP contribution in [0.4, 0.5) is 5.13 Å². The highest BCUT2D eigenvalue weighted by atomic mass is 32.1. The molecule has 5 heteroatoms. The fourth-order valence-corrected chi connectivity index (χ4v) is 1.84. The van der Waals surface area contributed by atoms with Gasteiger partial charge < -0.3 is 10.0 Å². The average Bonchev–Trinajstić information content (AvgIpc) is 2.63. The summed E-state index contributed by atoms with van der Waals surface area (Å²) in [5, 5.41) is 11.4. The van der Waals surface area contributed by atoms with Gasteiger partial charge >= 0.3 is 5.97 Å². The summed E-state index contributed by atoms with van der Waals surface area (Å²) >= 11 is 1.51. The van der Waals surface area contributed by atoms with Crippen LogP contribution in [0.1, 0.15) is 13.3 Å². The van der Waals surface area contributed by atoms with Crippen LogP contribution in [0.5, 0.6) is 0 Å². The molecule has 0 atom stereocenters. The van der Waals surface area contributed by atoms with E-state index in [-0.39, 0.29) is 6.42 Å². The molecular formula is C10H14N2O2S. The topological polar surface area (TPSA) is 53.4 Å². The lowest BCUT2D eigenvalue weighted by Crippen LogP contribution is -2.27. The maximum absolute atomic E-state index is 10.5. The Morgan fingerprint density at radius 1 is 1.73 bits per heavy atom. The standard InChI is InChI=1S/C10H14N2O2S/c1-8(2)7-12(5-3-9(13)14)10-11-4-6-15-10/h4,6H,1,3,5,7H2,2H3,(H,13,14). The van der Waals surface area contributed by atoms with Crippen molar-refractivity contribution in [3.8, 4) is 0 Å². The maximum atomic E-state index is 10.5. The molecule has 0 saturated heterocycles. The minimum atomic E-state index is -0.793. The minimum absolute atomic E-state index is 0.118. The van der Waals surface area contributed by atoms with E-state index in [1.54, 1.807) is 6.20 Å². The lowest BCUT2D eigenvalue weighted by molar-refractivity contribution is -0.136. The maximum Gasteiger partial charge on any atom is 0.305 e. The molecule has 0 aliphatic carbocycles. The van der Waals surface area contributed by atoms with Gasteiger partial charge in [0.05, 0.1) is 6.42 Å². The van der Waals surface area contributed by atoms with Gasteiger partial charge in [0, 0.05) is 24.7 Å². The summed E-state index contributed by atoms with van der Waals surface area (Å²) in [6.45, 7) is 6.86. The molecule has 15 heavy (non-hydrogen) atoms. The first-order valence-corrected chi connectivity index (χ1v) is 5.48. The Morgan fingerprint density at radius 3 is 2.93 bits per heavy atom. The summed E-state index contributed by atoms with van der Waals surface area (Å²) in [6, 6.07) is 0. The third-order valence-corrected chi connectivity index (χ3v) is 2.58. The molecular weight excluding hydrogens is 212 g/mol. The third-order valence-electron chi connectivity index (χ3n) is 1.75. The van der Waals surface area contributed by atoms with Crippen LogP contribution in [0.3, 0.4) is 0 Å². The van der Waals surface area contributed by atoms with Crippen LogP contribution in [-0.2, 0) is 4.79 Å². The van der Waals surface area contributed by atoms with Crippen LogP contribution in [0.2, 0.25) is 0 Å². The number of carbonyl (C=O) groups is 1. The molecule has 0 fully saturated rings. The van der Waals surface area contributed by atoms with E-state index >= 15 is 0 Å². The molecule has 1 heterocycles. The van der Waals surface area contributed by atoms with Gasteiger partial charge in [-0.2, -0.15) is 0 Å². The number of hydrogen-bond donors (Lipinski definition) is 1. The molecule has 1 aromatic rings. The van der Waals surface area contributed by atoms with Crippen LogP contribution < -0.4 is 4.90 Å². The zero-order valence-electron chi connectivity index (χ0n) is 8.64. The fraction of sp³-hybridized carbons (Fsp3) is 0.400. The Labute approximate surface area is 92.9 Å². The van der Waals surface area contributed by atoms with Gasteiger partial charge in [-0.05, 0) is 6.92 Å². The second-order valence-electron chi connectivity index (χ2n) is 3.34. The first-order chi connectivity index (χ1) is 7.09. The molecule has 82 valence electrons. The Kier molecular flexibility index (Phi) is 4.30. The predicted molar refractivity (Wildman–Crippen MR) is 61.4 cm³/mol. The summed E-state index contributed by atoms with van der Waals surface area (Å²) in [5.74, 6) is -0.793. The third kappa shape index (κ3) is 4.12. The van der Waals surface area contributed by atoms with E-state index in [1.807, 2.05) is 17.2 Å². The zero-order chi connectivity index (χ0) is 11.3. The first-order valence-electron chi connectivity index (χ1n) is 4.60. The molecule has 1 N–H and O–H groups in total. The van der Waals surface area contributed by atoms with Gasteiger partial charge in [-0.3, -0.25) is 4.79 Å². The van der Waals surface area contributed by atoms with Crippen molar-refractivity contribution in [3.63, 3.8) is 0 Å². The molecule has 0 radical (unpaired) electrons. The molecule has 4 nitrogen and oxygen atoms in total. The fourth-order valence-electron chi connectivity index (χ4n) is 1.17. The molecule has 1 rings (SSSR count). The van der Waals surface area contributed by atoms with E-state index in [4.69, 9.17) is 5.11 Å². The van der Waals surface area contributed by atoms with Crippen molar-refractivity contribution in [2.45, 2.75) is 13.3 Å². The zero-order valence-corrected chi connectivity index (χ0v) is 9.46.